The molecule has 0 aliphatic heterocycles. The SMILES string of the molecule is CN(C)c1ncc(CNC2CCC(n3nc(-n4cncn4)ccc3=O)CC2)s1. The average molecular weight is 401 g/mol. The molecule has 1 saturated carbocycles. The maximum Gasteiger partial charge on any atom is 0.267 e. The monoisotopic (exact) mass is 400 g/mol. The lowest BCUT2D eigenvalue weighted by Crippen LogP contribution is -2.36. The summed E-state index contributed by atoms with van der Waals surface area (Å²) in [6.07, 6.45) is 8.88. The molecule has 0 aromatic carbocycles. The second kappa shape index (κ2) is 8.19. The third-order valence-corrected chi connectivity index (χ3v) is 6.16. The summed E-state index contributed by atoms with van der Waals surface area (Å²) >= 11 is 1.71. The van der Waals surface area contributed by atoms with Gasteiger partial charge in [-0.25, -0.2) is 19.3 Å². The van der Waals surface area contributed by atoms with E-state index in [-0.39, 0.29) is 11.6 Å². The summed E-state index contributed by atoms with van der Waals surface area (Å²) < 4.78 is 3.18. The first-order valence-electron chi connectivity index (χ1n) is 9.40. The number of nitrogens with one attached hydrogen (secondary N) is 1. The highest BCUT2D eigenvalue weighted by atomic mass is 32.1. The molecule has 0 bridgehead atoms. The fourth-order valence-electron chi connectivity index (χ4n) is 3.48. The molecule has 0 amide bonds. The van der Waals surface area contributed by atoms with Gasteiger partial charge in [0.15, 0.2) is 10.9 Å². The Labute approximate surface area is 167 Å². The van der Waals surface area contributed by atoms with Gasteiger partial charge in [-0.2, -0.15) is 5.10 Å². The Morgan fingerprint density at radius 1 is 1.25 bits per heavy atom. The molecular formula is C18H24N8OS. The largest absolute Gasteiger partial charge is 0.354 e. The first-order valence-corrected chi connectivity index (χ1v) is 10.2. The van der Waals surface area contributed by atoms with Gasteiger partial charge in [0.2, 0.25) is 0 Å². The Balaban J connectivity index is 1.35. The van der Waals surface area contributed by atoms with Gasteiger partial charge in [-0.05, 0) is 31.7 Å². The predicted octanol–water partition coefficient (Wildman–Crippen LogP) is 1.62. The summed E-state index contributed by atoms with van der Waals surface area (Å²) in [4.78, 5) is 23.9. The number of anilines is 1. The summed E-state index contributed by atoms with van der Waals surface area (Å²) in [5.74, 6) is 0.610. The van der Waals surface area contributed by atoms with Crippen molar-refractivity contribution in [2.75, 3.05) is 19.0 Å². The van der Waals surface area contributed by atoms with E-state index in [1.807, 2.05) is 25.2 Å². The van der Waals surface area contributed by atoms with Gasteiger partial charge < -0.3 is 10.2 Å². The Kier molecular flexibility index (Phi) is 5.49. The first-order chi connectivity index (χ1) is 13.6. The summed E-state index contributed by atoms with van der Waals surface area (Å²) in [7, 11) is 4.01. The molecule has 4 rings (SSSR count). The van der Waals surface area contributed by atoms with Crippen LogP contribution in [0.15, 0.2) is 35.8 Å². The summed E-state index contributed by atoms with van der Waals surface area (Å²) in [5.41, 5.74) is -0.0684. The number of hydrogen-bond donors (Lipinski definition) is 1. The van der Waals surface area contributed by atoms with E-state index in [4.69, 9.17) is 0 Å². The predicted molar refractivity (Wildman–Crippen MR) is 108 cm³/mol. The topological polar surface area (TPSA) is 93.8 Å². The van der Waals surface area contributed by atoms with E-state index < -0.39 is 0 Å². The lowest BCUT2D eigenvalue weighted by Gasteiger charge is -2.29. The van der Waals surface area contributed by atoms with Crippen LogP contribution in [-0.2, 0) is 6.54 Å². The number of thiazole rings is 1. The maximum atomic E-state index is 12.3. The molecule has 3 heterocycles. The Hall–Kier alpha value is -2.59. The smallest absolute Gasteiger partial charge is 0.267 e. The van der Waals surface area contributed by atoms with Crippen molar-refractivity contribution in [1.82, 2.24) is 34.8 Å². The van der Waals surface area contributed by atoms with Crippen molar-refractivity contribution in [3.8, 4) is 5.82 Å². The zero-order chi connectivity index (χ0) is 19.5. The molecule has 1 fully saturated rings. The number of aromatic nitrogens is 6. The van der Waals surface area contributed by atoms with E-state index in [0.717, 1.165) is 37.4 Å². The average Bonchev–Trinajstić information content (AvgIpc) is 3.39. The molecule has 0 atom stereocenters. The molecule has 3 aromatic rings. The van der Waals surface area contributed by atoms with E-state index >= 15 is 0 Å². The van der Waals surface area contributed by atoms with E-state index in [0.29, 0.717) is 11.9 Å². The number of hydrogen-bond acceptors (Lipinski definition) is 8. The molecule has 148 valence electrons. The molecule has 1 aliphatic rings. The number of rotatable bonds is 6. The minimum Gasteiger partial charge on any atom is -0.354 e. The van der Waals surface area contributed by atoms with Crippen LogP contribution in [-0.4, -0.2) is 49.7 Å². The van der Waals surface area contributed by atoms with Crippen LogP contribution in [0.4, 0.5) is 5.13 Å². The van der Waals surface area contributed by atoms with Crippen molar-refractivity contribution in [2.45, 2.75) is 44.3 Å². The van der Waals surface area contributed by atoms with E-state index in [1.165, 1.54) is 11.2 Å². The summed E-state index contributed by atoms with van der Waals surface area (Å²) in [6, 6.07) is 3.81. The van der Waals surface area contributed by atoms with Gasteiger partial charge in [-0.3, -0.25) is 4.79 Å². The van der Waals surface area contributed by atoms with Crippen molar-refractivity contribution >= 4 is 16.5 Å². The van der Waals surface area contributed by atoms with E-state index in [2.05, 4.69) is 25.5 Å². The lowest BCUT2D eigenvalue weighted by atomic mass is 9.91. The van der Waals surface area contributed by atoms with E-state index in [9.17, 15) is 4.79 Å². The second-order valence-electron chi connectivity index (χ2n) is 7.20. The van der Waals surface area contributed by atoms with Crippen molar-refractivity contribution in [1.29, 1.82) is 0 Å². The van der Waals surface area contributed by atoms with Crippen molar-refractivity contribution in [3.63, 3.8) is 0 Å². The third kappa shape index (κ3) is 4.12. The fraction of sp³-hybridized carbons (Fsp3) is 0.500. The summed E-state index contributed by atoms with van der Waals surface area (Å²) in [6.45, 7) is 0.834. The quantitative estimate of drug-likeness (QED) is 0.672. The highest BCUT2D eigenvalue weighted by molar-refractivity contribution is 7.15. The molecular weight excluding hydrogens is 376 g/mol. The normalized spacial score (nSPS) is 19.6. The van der Waals surface area contributed by atoms with Gasteiger partial charge in [0.05, 0.1) is 6.04 Å². The van der Waals surface area contributed by atoms with Crippen LogP contribution in [0.2, 0.25) is 0 Å². The van der Waals surface area contributed by atoms with Gasteiger partial charge in [0, 0.05) is 43.8 Å². The van der Waals surface area contributed by atoms with Crippen LogP contribution in [0.5, 0.6) is 0 Å². The Morgan fingerprint density at radius 2 is 2.07 bits per heavy atom. The Morgan fingerprint density at radius 3 is 2.75 bits per heavy atom. The molecule has 9 nitrogen and oxygen atoms in total. The highest BCUT2D eigenvalue weighted by Gasteiger charge is 2.24. The van der Waals surface area contributed by atoms with Crippen molar-refractivity contribution in [3.05, 3.63) is 46.2 Å². The first kappa shape index (κ1) is 18.8. The van der Waals surface area contributed by atoms with Crippen molar-refractivity contribution in [2.24, 2.45) is 0 Å². The third-order valence-electron chi connectivity index (χ3n) is 5.00. The zero-order valence-corrected chi connectivity index (χ0v) is 16.8. The van der Waals surface area contributed by atoms with Crippen LogP contribution < -0.4 is 15.8 Å². The van der Waals surface area contributed by atoms with E-state index in [1.54, 1.807) is 39.2 Å². The molecule has 3 aromatic heterocycles. The lowest BCUT2D eigenvalue weighted by molar-refractivity contribution is 0.268. The molecule has 10 heteroatoms. The van der Waals surface area contributed by atoms with Gasteiger partial charge >= 0.3 is 0 Å². The zero-order valence-electron chi connectivity index (χ0n) is 16.0. The molecule has 1 N–H and O–H groups in total. The van der Waals surface area contributed by atoms with Gasteiger partial charge in [0.25, 0.3) is 5.56 Å². The maximum absolute atomic E-state index is 12.3. The fourth-order valence-corrected chi connectivity index (χ4v) is 4.26. The van der Waals surface area contributed by atoms with Gasteiger partial charge in [-0.15, -0.1) is 16.4 Å². The molecule has 0 unspecified atom stereocenters. The molecule has 0 radical (unpaired) electrons. The molecule has 1 aliphatic carbocycles. The highest BCUT2D eigenvalue weighted by Crippen LogP contribution is 2.28. The Bertz CT molecular complexity index is 956. The standard InChI is InChI=1S/C18H24N8OS/c1-24(2)18-21-10-15(28-18)9-20-13-3-5-14(6-4-13)26-17(27)8-7-16(23-26)25-12-19-11-22-25/h7-8,10-14,20H,3-6,9H2,1-2H3. The summed E-state index contributed by atoms with van der Waals surface area (Å²) in [5, 5.41) is 13.3. The molecule has 0 saturated heterocycles. The number of nitrogens with zero attached hydrogens (tertiary/aromatic N) is 7. The minimum absolute atomic E-state index is 0.0684. The van der Waals surface area contributed by atoms with Gasteiger partial charge in [0.1, 0.15) is 12.7 Å². The van der Waals surface area contributed by atoms with Gasteiger partial charge in [-0.1, -0.05) is 0 Å². The minimum atomic E-state index is -0.0684. The second-order valence-corrected chi connectivity index (χ2v) is 8.30. The molecule has 28 heavy (non-hydrogen) atoms. The van der Waals surface area contributed by atoms with Crippen LogP contribution >= 0.6 is 11.3 Å². The van der Waals surface area contributed by atoms with Crippen molar-refractivity contribution < 1.29 is 0 Å². The molecule has 0 spiro atoms. The van der Waals surface area contributed by atoms with Crippen LogP contribution in [0.3, 0.4) is 0 Å². The van der Waals surface area contributed by atoms with Crippen LogP contribution in [0, 0.1) is 0 Å². The van der Waals surface area contributed by atoms with Crippen LogP contribution in [0.1, 0.15) is 36.6 Å². The van der Waals surface area contributed by atoms with Crippen LogP contribution in [0.25, 0.3) is 5.82 Å².